The van der Waals surface area contributed by atoms with Crippen LogP contribution in [0.5, 0.6) is 5.75 Å². The summed E-state index contributed by atoms with van der Waals surface area (Å²) in [5.74, 6) is 0.596. The topological polar surface area (TPSA) is 58.5 Å². The molecule has 27 heavy (non-hydrogen) atoms. The van der Waals surface area contributed by atoms with E-state index in [-0.39, 0.29) is 41.8 Å². The van der Waals surface area contributed by atoms with Gasteiger partial charge >= 0.3 is 6.18 Å². The first-order valence-electron chi connectivity index (χ1n) is 8.01. The van der Waals surface area contributed by atoms with Crippen LogP contribution >= 0.6 is 35.3 Å². The molecule has 1 aromatic heterocycles. The first-order valence-corrected chi connectivity index (χ1v) is 8.82. The van der Waals surface area contributed by atoms with E-state index in [4.69, 9.17) is 4.74 Å². The van der Waals surface area contributed by atoms with Gasteiger partial charge in [0.25, 0.3) is 0 Å². The van der Waals surface area contributed by atoms with Crippen molar-refractivity contribution < 1.29 is 17.9 Å². The number of halogens is 4. The number of guanidine groups is 1. The third-order valence-electron chi connectivity index (χ3n) is 3.45. The largest absolute Gasteiger partial charge is 0.497 e. The SMILES string of the molecule is CCNC(=NCc1ccc(OC)cc1C(F)(F)F)NCc1ncc(C)s1.I. The molecular weight excluding hydrogens is 492 g/mol. The molecule has 0 saturated carbocycles. The number of hydrogen-bond donors (Lipinski definition) is 2. The number of rotatable bonds is 6. The Labute approximate surface area is 177 Å². The Bertz CT molecular complexity index is 765. The van der Waals surface area contributed by atoms with E-state index in [1.165, 1.54) is 19.2 Å². The average Bonchev–Trinajstić information content (AvgIpc) is 3.01. The lowest BCUT2D eigenvalue weighted by Gasteiger charge is -2.14. The minimum absolute atomic E-state index is 0. The van der Waals surface area contributed by atoms with Gasteiger partial charge in [0.2, 0.25) is 0 Å². The molecule has 0 radical (unpaired) electrons. The van der Waals surface area contributed by atoms with Crippen molar-refractivity contribution >= 4 is 41.3 Å². The Morgan fingerprint density at radius 1 is 1.30 bits per heavy atom. The van der Waals surface area contributed by atoms with Crippen LogP contribution in [-0.4, -0.2) is 24.6 Å². The highest BCUT2D eigenvalue weighted by molar-refractivity contribution is 14.0. The van der Waals surface area contributed by atoms with Crippen LogP contribution in [0.2, 0.25) is 0 Å². The minimum atomic E-state index is -4.47. The van der Waals surface area contributed by atoms with Gasteiger partial charge in [-0.25, -0.2) is 9.98 Å². The summed E-state index contributed by atoms with van der Waals surface area (Å²) in [4.78, 5) is 9.60. The third kappa shape index (κ3) is 7.17. The second-order valence-electron chi connectivity index (χ2n) is 5.43. The van der Waals surface area contributed by atoms with E-state index < -0.39 is 11.7 Å². The number of ether oxygens (including phenoxy) is 1. The Kier molecular flexibility index (Phi) is 9.30. The zero-order valence-electron chi connectivity index (χ0n) is 15.2. The molecule has 0 aliphatic carbocycles. The Morgan fingerprint density at radius 2 is 2.04 bits per heavy atom. The van der Waals surface area contributed by atoms with E-state index in [0.717, 1.165) is 16.0 Å². The van der Waals surface area contributed by atoms with Gasteiger partial charge in [0.05, 0.1) is 25.8 Å². The van der Waals surface area contributed by atoms with Crippen molar-refractivity contribution in [3.8, 4) is 5.75 Å². The van der Waals surface area contributed by atoms with E-state index in [1.807, 2.05) is 13.8 Å². The molecule has 10 heteroatoms. The van der Waals surface area contributed by atoms with Crippen LogP contribution in [0.25, 0.3) is 0 Å². The van der Waals surface area contributed by atoms with Crippen LogP contribution in [-0.2, 0) is 19.3 Å². The first kappa shape index (κ1) is 23.5. The Hall–Kier alpha value is -1.56. The standard InChI is InChI=1S/C17H21F3N4OS.HI/c1-4-21-16(24-10-15-22-8-11(2)26-15)23-9-12-5-6-13(25-3)7-14(12)17(18,19)20;/h5-8H,4,9-10H2,1-3H3,(H2,21,23,24);1H. The number of nitrogens with one attached hydrogen (secondary N) is 2. The lowest BCUT2D eigenvalue weighted by Crippen LogP contribution is -2.36. The summed E-state index contributed by atoms with van der Waals surface area (Å²) >= 11 is 1.55. The van der Waals surface area contributed by atoms with Crippen molar-refractivity contribution in [2.45, 2.75) is 33.1 Å². The molecule has 2 aromatic rings. The summed E-state index contributed by atoms with van der Waals surface area (Å²) in [6, 6.07) is 3.88. The predicted octanol–water partition coefficient (Wildman–Crippen LogP) is 4.35. The molecule has 0 spiro atoms. The van der Waals surface area contributed by atoms with Gasteiger partial charge in [-0.2, -0.15) is 13.2 Å². The number of methoxy groups -OCH3 is 1. The number of aryl methyl sites for hydroxylation is 1. The smallest absolute Gasteiger partial charge is 0.416 e. The maximum Gasteiger partial charge on any atom is 0.416 e. The highest BCUT2D eigenvalue weighted by atomic mass is 127. The molecule has 1 heterocycles. The first-order chi connectivity index (χ1) is 12.3. The highest BCUT2D eigenvalue weighted by Gasteiger charge is 2.33. The summed E-state index contributed by atoms with van der Waals surface area (Å²) < 4.78 is 44.7. The fourth-order valence-corrected chi connectivity index (χ4v) is 2.96. The number of nitrogens with zero attached hydrogens (tertiary/aromatic N) is 2. The molecular formula is C17H22F3IN4OS. The molecule has 150 valence electrons. The number of benzene rings is 1. The van der Waals surface area contributed by atoms with E-state index >= 15 is 0 Å². The van der Waals surface area contributed by atoms with Gasteiger partial charge < -0.3 is 15.4 Å². The number of alkyl halides is 3. The van der Waals surface area contributed by atoms with Gasteiger partial charge in [0, 0.05) is 17.6 Å². The quantitative estimate of drug-likeness (QED) is 0.342. The van der Waals surface area contributed by atoms with E-state index in [1.54, 1.807) is 17.5 Å². The molecule has 0 aliphatic heterocycles. The van der Waals surface area contributed by atoms with Crippen molar-refractivity contribution in [1.82, 2.24) is 15.6 Å². The molecule has 0 atom stereocenters. The molecule has 0 aliphatic rings. The van der Waals surface area contributed by atoms with Crippen LogP contribution < -0.4 is 15.4 Å². The van der Waals surface area contributed by atoms with Crippen LogP contribution in [0.4, 0.5) is 13.2 Å². The van der Waals surface area contributed by atoms with Gasteiger partial charge in [0.15, 0.2) is 5.96 Å². The zero-order chi connectivity index (χ0) is 19.2. The number of aliphatic imine (C=N–C) groups is 1. The summed E-state index contributed by atoms with van der Waals surface area (Å²) in [5, 5.41) is 6.99. The van der Waals surface area contributed by atoms with Gasteiger partial charge in [0.1, 0.15) is 10.8 Å². The lowest BCUT2D eigenvalue weighted by atomic mass is 10.1. The van der Waals surface area contributed by atoms with Crippen molar-refractivity contribution in [1.29, 1.82) is 0 Å². The van der Waals surface area contributed by atoms with E-state index in [2.05, 4.69) is 20.6 Å². The Morgan fingerprint density at radius 3 is 2.59 bits per heavy atom. The molecule has 0 fully saturated rings. The predicted molar refractivity (Wildman–Crippen MR) is 112 cm³/mol. The molecule has 1 aromatic carbocycles. The lowest BCUT2D eigenvalue weighted by molar-refractivity contribution is -0.138. The summed E-state index contributed by atoms with van der Waals surface area (Å²) in [6.07, 6.45) is -2.69. The molecule has 0 unspecified atom stereocenters. The second kappa shape index (κ2) is 10.7. The molecule has 5 nitrogen and oxygen atoms in total. The fraction of sp³-hybridized carbons (Fsp3) is 0.412. The normalized spacial score (nSPS) is 11.7. The van der Waals surface area contributed by atoms with Crippen molar-refractivity contribution in [2.75, 3.05) is 13.7 Å². The molecule has 0 amide bonds. The van der Waals surface area contributed by atoms with E-state index in [0.29, 0.717) is 19.0 Å². The summed E-state index contributed by atoms with van der Waals surface area (Å²) in [6.45, 7) is 4.80. The second-order valence-corrected chi connectivity index (χ2v) is 6.75. The van der Waals surface area contributed by atoms with Crippen molar-refractivity contribution in [2.24, 2.45) is 4.99 Å². The van der Waals surface area contributed by atoms with Crippen molar-refractivity contribution in [3.05, 3.63) is 45.4 Å². The van der Waals surface area contributed by atoms with Gasteiger partial charge in [-0.15, -0.1) is 35.3 Å². The number of hydrogen-bond acceptors (Lipinski definition) is 4. The molecule has 0 bridgehead atoms. The van der Waals surface area contributed by atoms with Crippen LogP contribution in [0.3, 0.4) is 0 Å². The summed E-state index contributed by atoms with van der Waals surface area (Å²) in [7, 11) is 1.33. The Balaban J connectivity index is 0.00000364. The van der Waals surface area contributed by atoms with Gasteiger partial charge in [-0.3, -0.25) is 0 Å². The minimum Gasteiger partial charge on any atom is -0.497 e. The van der Waals surface area contributed by atoms with Crippen LogP contribution in [0.15, 0.2) is 29.4 Å². The van der Waals surface area contributed by atoms with Gasteiger partial charge in [-0.05, 0) is 31.5 Å². The molecule has 0 saturated heterocycles. The maximum atomic E-state index is 13.3. The third-order valence-corrected chi connectivity index (χ3v) is 4.36. The molecule has 2 rings (SSSR count). The van der Waals surface area contributed by atoms with Crippen LogP contribution in [0, 0.1) is 6.92 Å². The van der Waals surface area contributed by atoms with E-state index in [9.17, 15) is 13.2 Å². The van der Waals surface area contributed by atoms with Crippen LogP contribution in [0.1, 0.15) is 27.9 Å². The van der Waals surface area contributed by atoms with Crippen molar-refractivity contribution in [3.63, 3.8) is 0 Å². The summed E-state index contributed by atoms with van der Waals surface area (Å²) in [5.41, 5.74) is -0.660. The average molecular weight is 514 g/mol. The molecule has 2 N–H and O–H groups in total. The zero-order valence-corrected chi connectivity index (χ0v) is 18.3. The fourth-order valence-electron chi connectivity index (χ4n) is 2.23. The highest BCUT2D eigenvalue weighted by Crippen LogP contribution is 2.34. The monoisotopic (exact) mass is 514 g/mol. The van der Waals surface area contributed by atoms with Gasteiger partial charge in [-0.1, -0.05) is 6.07 Å². The number of thiazole rings is 1. The maximum absolute atomic E-state index is 13.3. The number of aromatic nitrogens is 1.